The number of aromatic amines is 1. The van der Waals surface area contributed by atoms with E-state index in [4.69, 9.17) is 0 Å². The lowest BCUT2D eigenvalue weighted by Gasteiger charge is -2.08. The highest BCUT2D eigenvalue weighted by molar-refractivity contribution is 5.62. The van der Waals surface area contributed by atoms with Crippen molar-refractivity contribution in [1.82, 2.24) is 15.4 Å². The molecule has 0 bridgehead atoms. The standard InChI is InChI=1S/C11H14N4/c1-7-4-5-8(2)10(6-7)12-11-9(3)13-15-14-11/h4-6H,1-3H3,(H2,12,13,14,15). The molecular formula is C11H14N4. The van der Waals surface area contributed by atoms with Crippen LogP contribution in [-0.2, 0) is 0 Å². The summed E-state index contributed by atoms with van der Waals surface area (Å²) in [6, 6.07) is 6.28. The average Bonchev–Trinajstić information content (AvgIpc) is 2.58. The Morgan fingerprint density at radius 2 is 1.93 bits per heavy atom. The lowest BCUT2D eigenvalue weighted by atomic mass is 10.1. The van der Waals surface area contributed by atoms with E-state index in [1.54, 1.807) is 0 Å². The van der Waals surface area contributed by atoms with Crippen LogP contribution in [0, 0.1) is 20.8 Å². The van der Waals surface area contributed by atoms with Gasteiger partial charge < -0.3 is 5.32 Å². The fourth-order valence-corrected chi connectivity index (χ4v) is 1.40. The van der Waals surface area contributed by atoms with Gasteiger partial charge in [-0.2, -0.15) is 10.3 Å². The van der Waals surface area contributed by atoms with E-state index in [0.717, 1.165) is 17.2 Å². The molecule has 0 aliphatic carbocycles. The van der Waals surface area contributed by atoms with Crippen molar-refractivity contribution >= 4 is 11.5 Å². The van der Waals surface area contributed by atoms with Crippen molar-refractivity contribution in [3.05, 3.63) is 35.0 Å². The van der Waals surface area contributed by atoms with E-state index in [2.05, 4.69) is 52.8 Å². The number of hydrogen-bond acceptors (Lipinski definition) is 3. The molecule has 4 nitrogen and oxygen atoms in total. The van der Waals surface area contributed by atoms with Crippen molar-refractivity contribution < 1.29 is 0 Å². The second-order valence-corrected chi connectivity index (χ2v) is 3.70. The van der Waals surface area contributed by atoms with Gasteiger partial charge in [0.15, 0.2) is 5.82 Å². The van der Waals surface area contributed by atoms with Gasteiger partial charge in [0, 0.05) is 5.69 Å². The summed E-state index contributed by atoms with van der Waals surface area (Å²) in [6.07, 6.45) is 0. The van der Waals surface area contributed by atoms with Crippen molar-refractivity contribution in [1.29, 1.82) is 0 Å². The van der Waals surface area contributed by atoms with E-state index in [1.165, 1.54) is 11.1 Å². The van der Waals surface area contributed by atoms with Crippen LogP contribution < -0.4 is 5.32 Å². The van der Waals surface area contributed by atoms with Crippen molar-refractivity contribution in [2.75, 3.05) is 5.32 Å². The predicted molar refractivity (Wildman–Crippen MR) is 60.3 cm³/mol. The molecule has 2 aromatic rings. The van der Waals surface area contributed by atoms with Crippen LogP contribution in [-0.4, -0.2) is 15.4 Å². The molecule has 0 saturated heterocycles. The first-order valence-corrected chi connectivity index (χ1v) is 4.88. The number of benzene rings is 1. The number of nitrogens with one attached hydrogen (secondary N) is 2. The highest BCUT2D eigenvalue weighted by Crippen LogP contribution is 2.21. The molecule has 0 amide bonds. The summed E-state index contributed by atoms with van der Waals surface area (Å²) in [5, 5.41) is 13.8. The second kappa shape index (κ2) is 3.73. The van der Waals surface area contributed by atoms with Gasteiger partial charge in [-0.25, -0.2) is 0 Å². The van der Waals surface area contributed by atoms with Gasteiger partial charge in [0.05, 0.1) is 0 Å². The summed E-state index contributed by atoms with van der Waals surface area (Å²) in [6.45, 7) is 6.05. The maximum atomic E-state index is 4.03. The zero-order valence-corrected chi connectivity index (χ0v) is 9.13. The first-order valence-electron chi connectivity index (χ1n) is 4.88. The first kappa shape index (κ1) is 9.71. The zero-order chi connectivity index (χ0) is 10.8. The Bertz CT molecular complexity index is 473. The van der Waals surface area contributed by atoms with Crippen LogP contribution >= 0.6 is 0 Å². The topological polar surface area (TPSA) is 53.6 Å². The van der Waals surface area contributed by atoms with Gasteiger partial charge >= 0.3 is 0 Å². The molecule has 2 N–H and O–H groups in total. The Morgan fingerprint density at radius 1 is 1.13 bits per heavy atom. The zero-order valence-electron chi connectivity index (χ0n) is 9.13. The van der Waals surface area contributed by atoms with Gasteiger partial charge in [0.2, 0.25) is 0 Å². The third-order valence-corrected chi connectivity index (χ3v) is 2.37. The summed E-state index contributed by atoms with van der Waals surface area (Å²) in [5.74, 6) is 0.781. The normalized spacial score (nSPS) is 10.3. The van der Waals surface area contributed by atoms with E-state index >= 15 is 0 Å². The third-order valence-electron chi connectivity index (χ3n) is 2.37. The fraction of sp³-hybridized carbons (Fsp3) is 0.273. The molecule has 1 heterocycles. The van der Waals surface area contributed by atoms with E-state index in [0.29, 0.717) is 0 Å². The van der Waals surface area contributed by atoms with Crippen LogP contribution in [0.3, 0.4) is 0 Å². The number of anilines is 2. The monoisotopic (exact) mass is 202 g/mol. The average molecular weight is 202 g/mol. The van der Waals surface area contributed by atoms with Crippen molar-refractivity contribution in [3.8, 4) is 0 Å². The summed E-state index contributed by atoms with van der Waals surface area (Å²) < 4.78 is 0. The minimum absolute atomic E-state index is 0.781. The lowest BCUT2D eigenvalue weighted by Crippen LogP contribution is -1.95. The Balaban J connectivity index is 2.32. The van der Waals surface area contributed by atoms with Gasteiger partial charge in [0.1, 0.15) is 5.69 Å². The van der Waals surface area contributed by atoms with Gasteiger partial charge in [-0.3, -0.25) is 0 Å². The van der Waals surface area contributed by atoms with Gasteiger partial charge in [-0.05, 0) is 38.0 Å². The molecule has 4 heteroatoms. The number of aromatic nitrogens is 3. The molecule has 15 heavy (non-hydrogen) atoms. The Morgan fingerprint density at radius 3 is 2.60 bits per heavy atom. The second-order valence-electron chi connectivity index (χ2n) is 3.70. The molecule has 0 atom stereocenters. The minimum atomic E-state index is 0.781. The molecular weight excluding hydrogens is 188 g/mol. The van der Waals surface area contributed by atoms with Gasteiger partial charge in [-0.1, -0.05) is 12.1 Å². The summed E-state index contributed by atoms with van der Waals surface area (Å²) >= 11 is 0. The number of aryl methyl sites for hydroxylation is 3. The molecule has 2 rings (SSSR count). The molecule has 1 aromatic heterocycles. The largest absolute Gasteiger partial charge is 0.337 e. The van der Waals surface area contributed by atoms with Crippen LogP contribution in [0.5, 0.6) is 0 Å². The van der Waals surface area contributed by atoms with Crippen LogP contribution in [0.25, 0.3) is 0 Å². The molecule has 0 fully saturated rings. The highest BCUT2D eigenvalue weighted by atomic mass is 15.4. The Kier molecular flexibility index (Phi) is 2.41. The number of H-pyrrole nitrogens is 1. The predicted octanol–water partition coefficient (Wildman–Crippen LogP) is 2.47. The Hall–Kier alpha value is -1.84. The molecule has 0 aliphatic heterocycles. The van der Waals surface area contributed by atoms with E-state index in [9.17, 15) is 0 Å². The number of nitrogens with zero attached hydrogens (tertiary/aromatic N) is 2. The summed E-state index contributed by atoms with van der Waals surface area (Å²) in [4.78, 5) is 0. The minimum Gasteiger partial charge on any atom is -0.337 e. The van der Waals surface area contributed by atoms with E-state index < -0.39 is 0 Å². The van der Waals surface area contributed by atoms with Crippen LogP contribution in [0.15, 0.2) is 18.2 Å². The quantitative estimate of drug-likeness (QED) is 0.786. The Labute approximate surface area is 88.7 Å². The van der Waals surface area contributed by atoms with Crippen molar-refractivity contribution in [2.45, 2.75) is 20.8 Å². The number of rotatable bonds is 2. The van der Waals surface area contributed by atoms with E-state index in [1.807, 2.05) is 6.92 Å². The highest BCUT2D eigenvalue weighted by Gasteiger charge is 2.04. The maximum absolute atomic E-state index is 4.03. The molecule has 0 saturated carbocycles. The summed E-state index contributed by atoms with van der Waals surface area (Å²) in [5.41, 5.74) is 4.37. The van der Waals surface area contributed by atoms with Gasteiger partial charge in [-0.15, -0.1) is 5.10 Å². The molecule has 78 valence electrons. The third kappa shape index (κ3) is 1.98. The fourth-order valence-electron chi connectivity index (χ4n) is 1.40. The molecule has 0 aliphatic rings. The SMILES string of the molecule is Cc1ccc(C)c(Nc2n[nH]nc2C)c1. The van der Waals surface area contributed by atoms with E-state index in [-0.39, 0.29) is 0 Å². The summed E-state index contributed by atoms with van der Waals surface area (Å²) in [7, 11) is 0. The van der Waals surface area contributed by atoms with Crippen molar-refractivity contribution in [2.24, 2.45) is 0 Å². The van der Waals surface area contributed by atoms with Crippen molar-refractivity contribution in [3.63, 3.8) is 0 Å². The van der Waals surface area contributed by atoms with Crippen LogP contribution in [0.4, 0.5) is 11.5 Å². The molecule has 0 radical (unpaired) electrons. The van der Waals surface area contributed by atoms with Crippen LogP contribution in [0.1, 0.15) is 16.8 Å². The van der Waals surface area contributed by atoms with Crippen LogP contribution in [0.2, 0.25) is 0 Å². The smallest absolute Gasteiger partial charge is 0.175 e. The molecule has 1 aromatic carbocycles. The molecule has 0 spiro atoms. The maximum Gasteiger partial charge on any atom is 0.175 e. The number of hydrogen-bond donors (Lipinski definition) is 2. The van der Waals surface area contributed by atoms with Gasteiger partial charge in [0.25, 0.3) is 0 Å². The first-order chi connectivity index (χ1) is 7.16. The molecule has 0 unspecified atom stereocenters. The lowest BCUT2D eigenvalue weighted by molar-refractivity contribution is 0.929.